The molecule has 5 nitrogen and oxygen atoms in total. The molecule has 0 aromatic carbocycles. The average molecular weight is 468 g/mol. The number of hydrogen-bond donors (Lipinski definition) is 3. The Hall–Kier alpha value is -0.710. The summed E-state index contributed by atoms with van der Waals surface area (Å²) in [7, 11) is -3.92. The van der Waals surface area contributed by atoms with E-state index in [1.54, 1.807) is 6.08 Å². The van der Waals surface area contributed by atoms with Crippen LogP contribution in [0.5, 0.6) is 0 Å². The molecule has 4 N–H and O–H groups in total. The largest absolute Gasteiger partial charge is 0.405 e. The number of halogens is 1. The first-order valence-corrected chi connectivity index (χ1v) is 10.4. The standard InChI is InChI=1S/C15H21IN2O3S2/c1-12(6-8-17)22-14-11-15(2,16)7-3-5-13(14)18-9-4-10-23(19,20)21/h3,5-8,11,18H,1,4,9-10,17H2,2H3,(H,19,20,21)/b8-6+. The van der Waals surface area contributed by atoms with Gasteiger partial charge in [0.15, 0.2) is 0 Å². The molecular weight excluding hydrogens is 447 g/mol. The fourth-order valence-electron chi connectivity index (χ4n) is 1.79. The van der Waals surface area contributed by atoms with E-state index in [2.05, 4.69) is 53.6 Å². The van der Waals surface area contributed by atoms with E-state index in [9.17, 15) is 8.42 Å². The minimum absolute atomic E-state index is 0.138. The highest BCUT2D eigenvalue weighted by molar-refractivity contribution is 14.1. The second kappa shape index (κ2) is 8.95. The third-order valence-electron chi connectivity index (χ3n) is 2.78. The molecule has 0 radical (unpaired) electrons. The van der Waals surface area contributed by atoms with Gasteiger partial charge in [0.25, 0.3) is 10.1 Å². The first-order chi connectivity index (χ1) is 10.6. The lowest BCUT2D eigenvalue weighted by molar-refractivity contribution is 0.480. The predicted octanol–water partition coefficient (Wildman–Crippen LogP) is 3.10. The molecule has 1 atom stereocenters. The van der Waals surface area contributed by atoms with Crippen LogP contribution in [0.2, 0.25) is 0 Å². The molecule has 0 bridgehead atoms. The van der Waals surface area contributed by atoms with E-state index >= 15 is 0 Å². The zero-order chi connectivity index (χ0) is 17.5. The van der Waals surface area contributed by atoms with E-state index in [1.807, 2.05) is 12.2 Å². The van der Waals surface area contributed by atoms with Crippen LogP contribution in [0.25, 0.3) is 0 Å². The lowest BCUT2D eigenvalue weighted by Gasteiger charge is -2.17. The Morgan fingerprint density at radius 3 is 2.91 bits per heavy atom. The summed E-state index contributed by atoms with van der Waals surface area (Å²) in [4.78, 5) is 1.79. The molecule has 23 heavy (non-hydrogen) atoms. The Morgan fingerprint density at radius 1 is 1.61 bits per heavy atom. The highest BCUT2D eigenvalue weighted by atomic mass is 127. The Balaban J connectivity index is 2.82. The summed E-state index contributed by atoms with van der Waals surface area (Å²) in [5, 5.41) is 3.21. The van der Waals surface area contributed by atoms with Crippen LogP contribution in [0.1, 0.15) is 13.3 Å². The van der Waals surface area contributed by atoms with Crippen molar-refractivity contribution in [3.8, 4) is 0 Å². The van der Waals surface area contributed by atoms with Crippen molar-refractivity contribution in [1.29, 1.82) is 0 Å². The molecule has 1 aliphatic rings. The van der Waals surface area contributed by atoms with Gasteiger partial charge in [-0.05, 0) is 37.8 Å². The van der Waals surface area contributed by atoms with Crippen LogP contribution in [0.4, 0.5) is 0 Å². The Morgan fingerprint density at radius 2 is 2.30 bits per heavy atom. The Labute approximate surface area is 155 Å². The molecule has 0 saturated carbocycles. The maximum Gasteiger partial charge on any atom is 0.264 e. The molecule has 1 aliphatic carbocycles. The van der Waals surface area contributed by atoms with Crippen molar-refractivity contribution in [2.75, 3.05) is 12.3 Å². The summed E-state index contributed by atoms with van der Waals surface area (Å²) < 4.78 is 30.1. The summed E-state index contributed by atoms with van der Waals surface area (Å²) in [6, 6.07) is 0. The molecule has 0 saturated heterocycles. The van der Waals surface area contributed by atoms with Gasteiger partial charge in [-0.1, -0.05) is 53.1 Å². The van der Waals surface area contributed by atoms with Gasteiger partial charge < -0.3 is 11.1 Å². The van der Waals surface area contributed by atoms with Gasteiger partial charge in [0.2, 0.25) is 0 Å². The minimum Gasteiger partial charge on any atom is -0.405 e. The van der Waals surface area contributed by atoms with Gasteiger partial charge in [-0.15, -0.1) is 0 Å². The molecule has 0 aromatic heterocycles. The number of nitrogens with one attached hydrogen (secondary N) is 1. The topological polar surface area (TPSA) is 92.4 Å². The maximum absolute atomic E-state index is 10.8. The van der Waals surface area contributed by atoms with Crippen LogP contribution in [0, 0.1) is 0 Å². The van der Waals surface area contributed by atoms with Crippen molar-refractivity contribution in [3.63, 3.8) is 0 Å². The molecule has 0 fully saturated rings. The fourth-order valence-corrected chi connectivity index (χ4v) is 4.01. The van der Waals surface area contributed by atoms with E-state index in [1.165, 1.54) is 18.0 Å². The zero-order valence-corrected chi connectivity index (χ0v) is 16.6. The minimum atomic E-state index is -3.92. The van der Waals surface area contributed by atoms with Crippen molar-refractivity contribution < 1.29 is 13.0 Å². The van der Waals surface area contributed by atoms with Crippen molar-refractivity contribution in [1.82, 2.24) is 5.32 Å². The lowest BCUT2D eigenvalue weighted by Crippen LogP contribution is -2.19. The molecule has 128 valence electrons. The second-order valence-corrected chi connectivity index (χ2v) is 10.2. The van der Waals surface area contributed by atoms with Gasteiger partial charge in [-0.2, -0.15) is 8.42 Å². The molecular formula is C15H21IN2O3S2. The van der Waals surface area contributed by atoms with Crippen molar-refractivity contribution in [2.45, 2.75) is 16.8 Å². The quantitative estimate of drug-likeness (QED) is 0.167. The summed E-state index contributed by atoms with van der Waals surface area (Å²) in [5.74, 6) is -0.262. The first-order valence-electron chi connectivity index (χ1n) is 6.89. The van der Waals surface area contributed by atoms with E-state index in [4.69, 9.17) is 10.3 Å². The van der Waals surface area contributed by atoms with Crippen LogP contribution in [-0.4, -0.2) is 28.7 Å². The van der Waals surface area contributed by atoms with E-state index in [0.717, 1.165) is 15.5 Å². The summed E-state index contributed by atoms with van der Waals surface area (Å²) >= 11 is 3.83. The molecule has 0 heterocycles. The number of hydrogen-bond acceptors (Lipinski definition) is 5. The normalized spacial score (nSPS) is 21.7. The van der Waals surface area contributed by atoms with Crippen molar-refractivity contribution >= 4 is 44.5 Å². The predicted molar refractivity (Wildman–Crippen MR) is 107 cm³/mol. The highest BCUT2D eigenvalue weighted by Gasteiger charge is 2.19. The summed E-state index contributed by atoms with van der Waals surface area (Å²) in [6.45, 7) is 6.47. The molecule has 0 aromatic rings. The van der Waals surface area contributed by atoms with Crippen LogP contribution < -0.4 is 11.1 Å². The molecule has 1 rings (SSSR count). The SMILES string of the molecule is C=C(/C=C/N)SC1=CC(C)(I)C=CC=C1NCCCS(=O)(=O)O. The number of allylic oxidation sites excluding steroid dienone is 5. The molecule has 0 aliphatic heterocycles. The smallest absolute Gasteiger partial charge is 0.264 e. The fraction of sp³-hybridized carbons (Fsp3) is 0.333. The molecule has 0 spiro atoms. The third-order valence-corrected chi connectivity index (χ3v) is 5.21. The molecule has 0 amide bonds. The zero-order valence-electron chi connectivity index (χ0n) is 12.8. The van der Waals surface area contributed by atoms with Crippen LogP contribution in [-0.2, 0) is 10.1 Å². The van der Waals surface area contributed by atoms with E-state index in [-0.39, 0.29) is 9.17 Å². The highest BCUT2D eigenvalue weighted by Crippen LogP contribution is 2.36. The third kappa shape index (κ3) is 8.63. The molecule has 1 unspecified atom stereocenters. The monoisotopic (exact) mass is 468 g/mol. The molecule has 8 heteroatoms. The van der Waals surface area contributed by atoms with Gasteiger partial charge in [-0.3, -0.25) is 4.55 Å². The van der Waals surface area contributed by atoms with Crippen molar-refractivity contribution in [2.24, 2.45) is 5.73 Å². The summed E-state index contributed by atoms with van der Waals surface area (Å²) in [5.41, 5.74) is 6.28. The van der Waals surface area contributed by atoms with Crippen LogP contribution >= 0.6 is 34.4 Å². The van der Waals surface area contributed by atoms with Crippen molar-refractivity contribution in [3.05, 3.63) is 58.7 Å². The number of thioether (sulfide) groups is 1. The Bertz CT molecular complexity index is 662. The Kier molecular flexibility index (Phi) is 7.91. The van der Waals surface area contributed by atoms with Gasteiger partial charge in [0.05, 0.1) is 9.17 Å². The summed E-state index contributed by atoms with van der Waals surface area (Å²) in [6.07, 6.45) is 11.6. The second-order valence-electron chi connectivity index (χ2n) is 5.09. The van der Waals surface area contributed by atoms with Gasteiger partial charge in [0.1, 0.15) is 0 Å². The number of nitrogens with two attached hydrogens (primary N) is 1. The number of alkyl halides is 1. The van der Waals surface area contributed by atoms with Gasteiger partial charge in [0, 0.05) is 22.1 Å². The van der Waals surface area contributed by atoms with Gasteiger partial charge >= 0.3 is 0 Å². The number of rotatable bonds is 8. The van der Waals surface area contributed by atoms with Crippen LogP contribution in [0.15, 0.2) is 58.7 Å². The first kappa shape index (κ1) is 20.3. The van der Waals surface area contributed by atoms with Gasteiger partial charge in [-0.25, -0.2) is 0 Å². The van der Waals surface area contributed by atoms with Crippen LogP contribution in [0.3, 0.4) is 0 Å². The van der Waals surface area contributed by atoms with E-state index < -0.39 is 10.1 Å². The average Bonchev–Trinajstić information content (AvgIpc) is 2.52. The lowest BCUT2D eigenvalue weighted by atomic mass is 10.1. The van der Waals surface area contributed by atoms with E-state index in [0.29, 0.717) is 13.0 Å². The maximum atomic E-state index is 10.8.